The zero-order valence-corrected chi connectivity index (χ0v) is 62.7. The van der Waals surface area contributed by atoms with Crippen LogP contribution in [0.3, 0.4) is 0 Å². The molecule has 0 unspecified atom stereocenters. The van der Waals surface area contributed by atoms with Crippen molar-refractivity contribution in [2.75, 3.05) is 0 Å². The number of hydrogen-bond donors (Lipinski definition) is 0. The molecule has 0 spiro atoms. The van der Waals surface area contributed by atoms with Crippen molar-refractivity contribution in [3.05, 3.63) is 121 Å². The maximum atomic E-state index is 2.71. The minimum atomic E-state index is -1.69. The normalized spacial score (nSPS) is 12.5. The summed E-state index contributed by atoms with van der Waals surface area (Å²) >= 11 is 0. The van der Waals surface area contributed by atoms with Gasteiger partial charge in [-0.3, -0.25) is 0 Å². The number of hydrogen-bond acceptors (Lipinski definition) is 0. The van der Waals surface area contributed by atoms with Gasteiger partial charge in [0.1, 0.15) is 0 Å². The highest BCUT2D eigenvalue weighted by molar-refractivity contribution is 7.85. The molecule has 0 aliphatic carbocycles. The van der Waals surface area contributed by atoms with E-state index in [0.717, 1.165) is 0 Å². The first-order valence-corrected chi connectivity index (χ1v) is 49.4. The molecule has 84 heavy (non-hydrogen) atoms. The highest BCUT2D eigenvalue weighted by atomic mass is 31.1. The van der Waals surface area contributed by atoms with Gasteiger partial charge in [0.2, 0.25) is 0 Å². The van der Waals surface area contributed by atoms with Gasteiger partial charge in [0.15, 0.2) is 0 Å². The fraction of sp³-hybridized carbons (Fsp3) is 0.615. The summed E-state index contributed by atoms with van der Waals surface area (Å²) in [7, 11) is -8.51. The van der Waals surface area contributed by atoms with E-state index in [1.165, 1.54) is 227 Å². The molecule has 0 fully saturated rings. The number of unbranched alkanes of at least 4 members (excludes halogenated alkanes) is 12. The van der Waals surface area contributed by atoms with E-state index < -0.39 is 48.1 Å². The minimum Gasteiger partial charge on any atom is -0.0654 e. The Hall–Kier alpha value is -2.17. The van der Waals surface area contributed by atoms with Gasteiger partial charge in [0.05, 0.1) is 32.3 Å². The van der Waals surface area contributed by atoms with Crippen molar-refractivity contribution in [3.8, 4) is 0 Å². The first-order chi connectivity index (χ1) is 41.1. The third-order valence-corrected chi connectivity index (χ3v) is 47.6. The van der Waals surface area contributed by atoms with Crippen LogP contribution in [0.4, 0.5) is 0 Å². The van der Waals surface area contributed by atoms with Gasteiger partial charge in [-0.25, -0.2) is 0 Å². The molecule has 0 aliphatic heterocycles. The van der Waals surface area contributed by atoms with Crippen molar-refractivity contribution < 1.29 is 0 Å². The van der Waals surface area contributed by atoms with Crippen LogP contribution < -0.4 is 52.6 Å². The van der Waals surface area contributed by atoms with Crippen LogP contribution in [0.5, 0.6) is 0 Å². The fourth-order valence-electron chi connectivity index (χ4n) is 15.0. The summed E-state index contributed by atoms with van der Waals surface area (Å²) < 4.78 is 0. The standard InChI is InChI=1S/C78H128P2Si4/c1-13-25-57-81(58-26-14-2,59-27-15-3)73-49-41-69(42-50-73)79(70-43-51-74(52-44-70)82(60-28-16-4,61-29-17-5)62-30-18-6)77-39-37-38-40-78(77)80(71-45-53-75(54-46-71)83(63-31-19-7,64-32-20-8)65-33-21-9)72-47-55-76(56-48-72)84(66-34-22-10,67-35-23-11)68-36-24-12/h37-56H,13-36,57-68H2,1-12H3. The second-order valence-corrected chi connectivity index (χ2v) is 49.6. The average Bonchev–Trinajstić information content (AvgIpc) is 2.05. The number of benzene rings is 5. The lowest BCUT2D eigenvalue weighted by Crippen LogP contribution is -2.48. The van der Waals surface area contributed by atoms with Crippen LogP contribution in [0, 0.1) is 0 Å². The lowest BCUT2D eigenvalue weighted by atomic mass is 10.3. The van der Waals surface area contributed by atoms with Crippen molar-refractivity contribution in [1.82, 2.24) is 0 Å². The molecule has 466 valence electrons. The van der Waals surface area contributed by atoms with Gasteiger partial charge in [0, 0.05) is 0 Å². The van der Waals surface area contributed by atoms with Gasteiger partial charge < -0.3 is 0 Å². The minimum absolute atomic E-state index is 0.873. The molecule has 0 amide bonds. The van der Waals surface area contributed by atoms with E-state index in [4.69, 9.17) is 0 Å². The van der Waals surface area contributed by atoms with Crippen LogP contribution in [-0.2, 0) is 0 Å². The molecule has 5 aromatic rings. The van der Waals surface area contributed by atoms with Crippen LogP contribution in [0.1, 0.15) is 237 Å². The molecule has 0 saturated heterocycles. The average molecular weight is 1240 g/mol. The first kappa shape index (κ1) is 72.6. The molecule has 0 radical (unpaired) electrons. The van der Waals surface area contributed by atoms with Gasteiger partial charge in [-0.2, -0.15) is 0 Å². The van der Waals surface area contributed by atoms with Gasteiger partial charge in [-0.1, -0.05) is 452 Å². The van der Waals surface area contributed by atoms with Crippen LogP contribution in [-0.4, -0.2) is 32.3 Å². The molecule has 0 N–H and O–H groups in total. The molecular formula is C78H128P2Si4. The Balaban J connectivity index is 1.86. The molecular weight excluding hydrogens is 1110 g/mol. The molecule has 5 aromatic carbocycles. The Morgan fingerprint density at radius 1 is 0.202 bits per heavy atom. The Labute approximate surface area is 528 Å². The first-order valence-electron chi connectivity index (χ1n) is 36.2. The van der Waals surface area contributed by atoms with Crippen molar-refractivity contribution >= 4 is 101 Å². The van der Waals surface area contributed by atoms with E-state index in [0.29, 0.717) is 0 Å². The van der Waals surface area contributed by atoms with Gasteiger partial charge in [-0.15, -0.1) is 0 Å². The van der Waals surface area contributed by atoms with E-state index in [1.807, 2.05) is 0 Å². The monoisotopic (exact) mass is 1240 g/mol. The summed E-state index contributed by atoms with van der Waals surface area (Å²) in [6.07, 6.45) is 32.1. The smallest absolute Gasteiger partial charge is 0.0654 e. The zero-order valence-electron chi connectivity index (χ0n) is 56.9. The Morgan fingerprint density at radius 2 is 0.345 bits per heavy atom. The highest BCUT2D eigenvalue weighted by Crippen LogP contribution is 2.41. The van der Waals surface area contributed by atoms with E-state index in [9.17, 15) is 0 Å². The molecule has 0 heterocycles. The second kappa shape index (κ2) is 39.8. The Morgan fingerprint density at radius 3 is 0.476 bits per heavy atom. The second-order valence-electron chi connectivity index (χ2n) is 26.7. The maximum absolute atomic E-state index is 2.71. The van der Waals surface area contributed by atoms with Crippen LogP contribution in [0.25, 0.3) is 0 Å². The summed E-state index contributed by atoms with van der Waals surface area (Å²) in [5, 5.41) is 16.3. The van der Waals surface area contributed by atoms with Crippen LogP contribution in [0.15, 0.2) is 121 Å². The molecule has 0 bridgehead atoms. The quantitative estimate of drug-likeness (QED) is 0.0269. The van der Waals surface area contributed by atoms with Gasteiger partial charge >= 0.3 is 0 Å². The summed E-state index contributed by atoms with van der Waals surface area (Å²) in [6.45, 7) is 29.1. The third-order valence-electron chi connectivity index (χ3n) is 20.4. The highest BCUT2D eigenvalue weighted by Gasteiger charge is 2.38. The summed E-state index contributed by atoms with van der Waals surface area (Å²) in [5.41, 5.74) is 0. The molecule has 0 aliphatic rings. The molecule has 0 aromatic heterocycles. The SMILES string of the molecule is CCCC[Si](CCCC)(CCCC)c1ccc(P(c2ccc([Si](CCCC)(CCCC)CCCC)cc2)c2ccccc2P(c2ccc([Si](CCCC)(CCCC)CCCC)cc2)c2ccc([Si](CCCC)(CCCC)CCCC)cc2)cc1. The Kier molecular flexibility index (Phi) is 34.3. The zero-order chi connectivity index (χ0) is 60.5. The predicted octanol–water partition coefficient (Wildman–Crippen LogP) is 21.4. The predicted molar refractivity (Wildman–Crippen MR) is 402 cm³/mol. The van der Waals surface area contributed by atoms with E-state index in [1.54, 1.807) is 52.6 Å². The van der Waals surface area contributed by atoms with Crippen molar-refractivity contribution in [3.63, 3.8) is 0 Å². The lowest BCUT2D eigenvalue weighted by molar-refractivity contribution is 0.800. The maximum Gasteiger partial charge on any atom is 0.0867 e. The third kappa shape index (κ3) is 20.2. The summed E-state index contributed by atoms with van der Waals surface area (Å²) in [4.78, 5) is 0. The van der Waals surface area contributed by atoms with Crippen LogP contribution >= 0.6 is 15.8 Å². The van der Waals surface area contributed by atoms with Gasteiger partial charge in [0.25, 0.3) is 0 Å². The van der Waals surface area contributed by atoms with Crippen molar-refractivity contribution in [2.45, 2.75) is 310 Å². The van der Waals surface area contributed by atoms with Crippen molar-refractivity contribution in [1.29, 1.82) is 0 Å². The summed E-state index contributed by atoms with van der Waals surface area (Å²) in [6, 6.07) is 70.6. The number of rotatable bonds is 46. The molecule has 0 atom stereocenters. The van der Waals surface area contributed by atoms with E-state index in [-0.39, 0.29) is 0 Å². The van der Waals surface area contributed by atoms with Crippen LogP contribution in [0.2, 0.25) is 72.5 Å². The molecule has 5 rings (SSSR count). The molecule has 0 saturated carbocycles. The molecule has 0 nitrogen and oxygen atoms in total. The molecule has 6 heteroatoms. The fourth-order valence-corrected chi connectivity index (χ4v) is 42.5. The van der Waals surface area contributed by atoms with Crippen molar-refractivity contribution in [2.24, 2.45) is 0 Å². The van der Waals surface area contributed by atoms with Gasteiger partial charge in [-0.05, 0) is 47.7 Å². The van der Waals surface area contributed by atoms with E-state index >= 15 is 0 Å². The topological polar surface area (TPSA) is 0 Å². The summed E-state index contributed by atoms with van der Waals surface area (Å²) in [5.74, 6) is 0. The largest absolute Gasteiger partial charge is 0.0867 e. The van der Waals surface area contributed by atoms with E-state index in [2.05, 4.69) is 204 Å². The lowest BCUT2D eigenvalue weighted by Gasteiger charge is -2.35. The Bertz CT molecular complexity index is 2070.